The number of carboxylic acid groups (broad SMARTS) is 1. The number of amides is 2. The number of rotatable bonds is 10. The second-order valence-electron chi connectivity index (χ2n) is 8.65. The van der Waals surface area contributed by atoms with Crippen molar-refractivity contribution in [3.63, 3.8) is 0 Å². The fourth-order valence-electron chi connectivity index (χ4n) is 3.66. The highest BCUT2D eigenvalue weighted by molar-refractivity contribution is 6.21. The molecule has 0 bridgehead atoms. The summed E-state index contributed by atoms with van der Waals surface area (Å²) in [6.07, 6.45) is 1.32. The standard InChI is InChI=1S/C27H24N2O8/c1-27(2,26(33)34)37-21-14-17(35-3)9-10-20(21)23(30)16-8-11-22(28-15-16)36-13-12-29-24(31)18-6-4-5-7-19(18)25(29)32/h4-11,14-15H,12-13H2,1-3H3,(H,33,34). The molecule has 2 heterocycles. The number of aromatic nitrogens is 1. The average Bonchev–Trinajstić information content (AvgIpc) is 3.13. The van der Waals surface area contributed by atoms with Gasteiger partial charge < -0.3 is 19.3 Å². The van der Waals surface area contributed by atoms with Gasteiger partial charge in [0.25, 0.3) is 11.8 Å². The summed E-state index contributed by atoms with van der Waals surface area (Å²) < 4.78 is 16.4. The number of ketones is 1. The monoisotopic (exact) mass is 504 g/mol. The quantitative estimate of drug-likeness (QED) is 0.326. The Morgan fingerprint density at radius 1 is 1.00 bits per heavy atom. The molecule has 0 radical (unpaired) electrons. The molecule has 190 valence electrons. The number of benzene rings is 2. The lowest BCUT2D eigenvalue weighted by molar-refractivity contribution is -0.152. The smallest absolute Gasteiger partial charge is 0.347 e. The van der Waals surface area contributed by atoms with Crippen molar-refractivity contribution in [2.75, 3.05) is 20.3 Å². The zero-order valence-electron chi connectivity index (χ0n) is 20.4. The number of nitrogens with zero attached hydrogens (tertiary/aromatic N) is 2. The van der Waals surface area contributed by atoms with Crippen LogP contribution >= 0.6 is 0 Å². The Bertz CT molecular complexity index is 1350. The van der Waals surface area contributed by atoms with E-state index in [1.807, 2.05) is 0 Å². The van der Waals surface area contributed by atoms with Gasteiger partial charge in [-0.3, -0.25) is 19.3 Å². The normalized spacial score (nSPS) is 12.8. The van der Waals surface area contributed by atoms with Gasteiger partial charge in [-0.15, -0.1) is 0 Å². The van der Waals surface area contributed by atoms with Gasteiger partial charge in [-0.25, -0.2) is 9.78 Å². The summed E-state index contributed by atoms with van der Waals surface area (Å²) in [5.74, 6) is -1.73. The molecule has 1 aliphatic rings. The number of ether oxygens (including phenoxy) is 3. The number of fused-ring (bicyclic) bond motifs is 1. The Morgan fingerprint density at radius 2 is 1.68 bits per heavy atom. The molecular formula is C27H24N2O8. The summed E-state index contributed by atoms with van der Waals surface area (Å²) in [6.45, 7) is 2.81. The van der Waals surface area contributed by atoms with Gasteiger partial charge in [0, 0.05) is 23.9 Å². The van der Waals surface area contributed by atoms with E-state index in [1.54, 1.807) is 30.3 Å². The Morgan fingerprint density at radius 3 is 2.24 bits per heavy atom. The molecule has 0 aliphatic carbocycles. The number of carboxylic acids is 1. The van der Waals surface area contributed by atoms with E-state index in [4.69, 9.17) is 14.2 Å². The third-order valence-corrected chi connectivity index (χ3v) is 5.76. The number of carbonyl (C=O) groups is 4. The molecule has 10 nitrogen and oxygen atoms in total. The van der Waals surface area contributed by atoms with Crippen LogP contribution < -0.4 is 14.2 Å². The van der Waals surface area contributed by atoms with E-state index in [0.29, 0.717) is 16.9 Å². The van der Waals surface area contributed by atoms with Gasteiger partial charge in [-0.2, -0.15) is 0 Å². The molecule has 0 spiro atoms. The van der Waals surface area contributed by atoms with Crippen LogP contribution in [0, 0.1) is 0 Å². The Labute approximate surface area is 212 Å². The lowest BCUT2D eigenvalue weighted by Gasteiger charge is -2.23. The van der Waals surface area contributed by atoms with Crippen molar-refractivity contribution in [1.82, 2.24) is 9.88 Å². The molecule has 3 aromatic rings. The Hall–Kier alpha value is -4.73. The molecule has 0 saturated heterocycles. The van der Waals surface area contributed by atoms with E-state index in [0.717, 1.165) is 4.90 Å². The molecule has 0 unspecified atom stereocenters. The molecule has 1 aliphatic heterocycles. The van der Waals surface area contributed by atoms with Crippen LogP contribution in [-0.4, -0.2) is 64.4 Å². The minimum absolute atomic E-state index is 0.0203. The van der Waals surface area contributed by atoms with Crippen molar-refractivity contribution >= 4 is 23.6 Å². The van der Waals surface area contributed by atoms with Crippen molar-refractivity contribution < 1.29 is 38.5 Å². The maximum Gasteiger partial charge on any atom is 0.347 e. The van der Waals surface area contributed by atoms with Crippen LogP contribution in [0.2, 0.25) is 0 Å². The predicted octanol–water partition coefficient (Wildman–Crippen LogP) is 3.24. The molecule has 2 amide bonds. The van der Waals surface area contributed by atoms with Gasteiger partial charge >= 0.3 is 5.97 Å². The van der Waals surface area contributed by atoms with Gasteiger partial charge in [0.2, 0.25) is 5.88 Å². The fraction of sp³-hybridized carbons (Fsp3) is 0.222. The first-order valence-electron chi connectivity index (χ1n) is 11.3. The largest absolute Gasteiger partial charge is 0.497 e. The number of imide groups is 1. The third-order valence-electron chi connectivity index (χ3n) is 5.76. The number of methoxy groups -OCH3 is 1. The third kappa shape index (κ3) is 5.13. The van der Waals surface area contributed by atoms with Gasteiger partial charge in [0.05, 0.1) is 30.3 Å². The summed E-state index contributed by atoms with van der Waals surface area (Å²) >= 11 is 0. The first kappa shape index (κ1) is 25.4. The van der Waals surface area contributed by atoms with Crippen LogP contribution in [0.1, 0.15) is 50.5 Å². The Kier molecular flexibility index (Phi) is 6.92. The molecule has 10 heteroatoms. The van der Waals surface area contributed by atoms with Crippen LogP contribution in [0.15, 0.2) is 60.8 Å². The first-order valence-corrected chi connectivity index (χ1v) is 11.3. The van der Waals surface area contributed by atoms with Crippen molar-refractivity contribution in [3.05, 3.63) is 83.0 Å². The van der Waals surface area contributed by atoms with E-state index in [2.05, 4.69) is 4.98 Å². The maximum atomic E-state index is 13.2. The van der Waals surface area contributed by atoms with E-state index in [9.17, 15) is 24.3 Å². The lowest BCUT2D eigenvalue weighted by Crippen LogP contribution is -2.38. The zero-order valence-corrected chi connectivity index (χ0v) is 20.4. The molecule has 0 fully saturated rings. The molecule has 0 saturated carbocycles. The van der Waals surface area contributed by atoms with Gasteiger partial charge in [-0.1, -0.05) is 12.1 Å². The van der Waals surface area contributed by atoms with Crippen LogP contribution in [0.5, 0.6) is 17.4 Å². The second kappa shape index (κ2) is 10.1. The zero-order chi connectivity index (χ0) is 26.7. The molecule has 2 aromatic carbocycles. The SMILES string of the molecule is COc1ccc(C(=O)c2ccc(OCCN3C(=O)c4ccccc4C3=O)nc2)c(OC(C)(C)C(=O)O)c1. The van der Waals surface area contributed by atoms with Crippen molar-refractivity contribution in [3.8, 4) is 17.4 Å². The summed E-state index contributed by atoms with van der Waals surface area (Å²) in [4.78, 5) is 54.8. The number of pyridine rings is 1. The van der Waals surface area contributed by atoms with E-state index >= 15 is 0 Å². The van der Waals surface area contributed by atoms with Gasteiger partial charge in [0.15, 0.2) is 11.4 Å². The first-order chi connectivity index (χ1) is 17.6. The van der Waals surface area contributed by atoms with Crippen LogP contribution in [0.3, 0.4) is 0 Å². The summed E-state index contributed by atoms with van der Waals surface area (Å²) in [5.41, 5.74) is -0.507. The van der Waals surface area contributed by atoms with Gasteiger partial charge in [-0.05, 0) is 44.2 Å². The predicted molar refractivity (Wildman–Crippen MR) is 130 cm³/mol. The van der Waals surface area contributed by atoms with Crippen LogP contribution in [0.25, 0.3) is 0 Å². The van der Waals surface area contributed by atoms with Crippen LogP contribution in [0.4, 0.5) is 0 Å². The number of hydrogen-bond acceptors (Lipinski definition) is 8. The van der Waals surface area contributed by atoms with Crippen LogP contribution in [-0.2, 0) is 4.79 Å². The molecule has 0 atom stereocenters. The van der Waals surface area contributed by atoms with E-state index in [1.165, 1.54) is 51.4 Å². The summed E-state index contributed by atoms with van der Waals surface area (Å²) in [7, 11) is 1.44. The van der Waals surface area contributed by atoms with Crippen molar-refractivity contribution in [1.29, 1.82) is 0 Å². The fourth-order valence-corrected chi connectivity index (χ4v) is 3.66. The molecule has 37 heavy (non-hydrogen) atoms. The van der Waals surface area contributed by atoms with Crippen molar-refractivity contribution in [2.45, 2.75) is 19.4 Å². The highest BCUT2D eigenvalue weighted by Crippen LogP contribution is 2.30. The molecule has 1 aromatic heterocycles. The second-order valence-corrected chi connectivity index (χ2v) is 8.65. The van der Waals surface area contributed by atoms with E-state index in [-0.39, 0.29) is 47.7 Å². The lowest BCUT2D eigenvalue weighted by atomic mass is 10.0. The van der Waals surface area contributed by atoms with E-state index < -0.39 is 17.4 Å². The number of hydrogen-bond donors (Lipinski definition) is 1. The number of aliphatic carboxylic acids is 1. The van der Waals surface area contributed by atoms with Crippen molar-refractivity contribution in [2.24, 2.45) is 0 Å². The topological polar surface area (TPSA) is 132 Å². The summed E-state index contributed by atoms with van der Waals surface area (Å²) in [5, 5.41) is 9.42. The molecular weight excluding hydrogens is 480 g/mol. The highest BCUT2D eigenvalue weighted by atomic mass is 16.5. The van der Waals surface area contributed by atoms with Gasteiger partial charge in [0.1, 0.15) is 18.1 Å². The molecule has 1 N–H and O–H groups in total. The summed E-state index contributed by atoms with van der Waals surface area (Å²) in [6, 6.07) is 14.1. The molecule has 4 rings (SSSR count). The number of carbonyl (C=O) groups excluding carboxylic acids is 3. The highest BCUT2D eigenvalue weighted by Gasteiger charge is 2.35. The average molecular weight is 504 g/mol. The Balaban J connectivity index is 1.43. The minimum atomic E-state index is -1.59. The minimum Gasteiger partial charge on any atom is -0.497 e. The maximum absolute atomic E-state index is 13.2.